The van der Waals surface area contributed by atoms with E-state index < -0.39 is 10.1 Å². The smallest absolute Gasteiger partial charge is 0.282 e. The number of rotatable bonds is 3. The van der Waals surface area contributed by atoms with Gasteiger partial charge in [-0.05, 0) is 42.9 Å². The molecule has 0 bridgehead atoms. The fourth-order valence-electron chi connectivity index (χ4n) is 1.91. The molecule has 16 heavy (non-hydrogen) atoms. The summed E-state index contributed by atoms with van der Waals surface area (Å²) >= 11 is 0. The van der Waals surface area contributed by atoms with Crippen molar-refractivity contribution >= 4 is 10.1 Å². The van der Waals surface area contributed by atoms with Crippen LogP contribution in [0.15, 0.2) is 17.0 Å². The maximum atomic E-state index is 11.2. The average Bonchev–Trinajstić information content (AvgIpc) is 2.13. The molecular weight excluding hydrogens is 224 g/mol. The Kier molecular flexibility index (Phi) is 3.76. The lowest BCUT2D eigenvalue weighted by atomic mass is 9.95. The van der Waals surface area contributed by atoms with E-state index in [0.29, 0.717) is 17.0 Å². The van der Waals surface area contributed by atoms with Crippen LogP contribution in [0.1, 0.15) is 42.9 Å². The van der Waals surface area contributed by atoms with Gasteiger partial charge in [0, 0.05) is 0 Å². The third-order valence-corrected chi connectivity index (χ3v) is 4.08. The summed E-state index contributed by atoms with van der Waals surface area (Å²) < 4.78 is 31.5. The highest BCUT2D eigenvalue weighted by Gasteiger charge is 2.18. The van der Waals surface area contributed by atoms with Crippen LogP contribution in [0.25, 0.3) is 0 Å². The maximum Gasteiger partial charge on any atom is 0.295 e. The molecule has 3 nitrogen and oxygen atoms in total. The predicted octanol–water partition coefficient (Wildman–Crippen LogP) is 3.06. The normalized spacial score (nSPS) is 13.8. The van der Waals surface area contributed by atoms with Crippen molar-refractivity contribution in [1.82, 2.24) is 0 Å². The summed E-state index contributed by atoms with van der Waals surface area (Å²) in [6, 6.07) is 3.68. The Bertz CT molecular complexity index is 466. The largest absolute Gasteiger partial charge is 0.295 e. The molecule has 1 aromatic carbocycles. The molecule has 1 aromatic rings. The zero-order valence-corrected chi connectivity index (χ0v) is 10.9. The second-order valence-electron chi connectivity index (χ2n) is 4.27. The highest BCUT2D eigenvalue weighted by Crippen LogP contribution is 2.26. The molecule has 1 atom stereocenters. The van der Waals surface area contributed by atoms with E-state index in [0.717, 1.165) is 12.0 Å². The van der Waals surface area contributed by atoms with Gasteiger partial charge >= 0.3 is 0 Å². The first kappa shape index (κ1) is 13.2. The van der Waals surface area contributed by atoms with E-state index in [2.05, 4.69) is 13.8 Å². The summed E-state index contributed by atoms with van der Waals surface area (Å²) in [5.41, 5.74) is 2.33. The van der Waals surface area contributed by atoms with Crippen molar-refractivity contribution in [2.45, 2.75) is 44.9 Å². The van der Waals surface area contributed by atoms with Gasteiger partial charge in [-0.25, -0.2) is 0 Å². The fraction of sp³-hybridized carbons (Fsp3) is 0.500. The average molecular weight is 242 g/mol. The molecule has 0 aliphatic heterocycles. The molecule has 0 saturated carbocycles. The zero-order chi connectivity index (χ0) is 12.5. The molecule has 0 heterocycles. The highest BCUT2D eigenvalue weighted by molar-refractivity contribution is 7.86. The van der Waals surface area contributed by atoms with Crippen molar-refractivity contribution in [3.63, 3.8) is 0 Å². The van der Waals surface area contributed by atoms with Gasteiger partial charge in [-0.15, -0.1) is 0 Å². The second-order valence-corrected chi connectivity index (χ2v) is 5.63. The van der Waals surface area contributed by atoms with Crippen LogP contribution in [0, 0.1) is 13.8 Å². The third kappa shape index (κ3) is 2.62. The molecule has 0 amide bonds. The van der Waals surface area contributed by atoms with Crippen LogP contribution < -0.4 is 0 Å². The van der Waals surface area contributed by atoms with Crippen LogP contribution in [0.5, 0.6) is 0 Å². The van der Waals surface area contributed by atoms with Crippen molar-refractivity contribution < 1.29 is 13.0 Å². The monoisotopic (exact) mass is 242 g/mol. The van der Waals surface area contributed by atoms with E-state index in [4.69, 9.17) is 4.55 Å². The summed E-state index contributed by atoms with van der Waals surface area (Å²) in [7, 11) is -4.11. The molecule has 0 aliphatic carbocycles. The second kappa shape index (κ2) is 4.55. The molecule has 0 radical (unpaired) electrons. The summed E-state index contributed by atoms with van der Waals surface area (Å²) in [5.74, 6) is 0.396. The minimum absolute atomic E-state index is 0.0413. The Hall–Kier alpha value is -0.870. The lowest BCUT2D eigenvalue weighted by Gasteiger charge is -2.14. The van der Waals surface area contributed by atoms with Crippen molar-refractivity contribution in [3.8, 4) is 0 Å². The van der Waals surface area contributed by atoms with Crippen LogP contribution in [0.4, 0.5) is 0 Å². The van der Waals surface area contributed by atoms with E-state index >= 15 is 0 Å². The Balaban J connectivity index is 3.40. The lowest BCUT2D eigenvalue weighted by Crippen LogP contribution is -2.05. The van der Waals surface area contributed by atoms with Crippen LogP contribution in [0.3, 0.4) is 0 Å². The standard InChI is InChI=1S/C12H18O3S/c1-5-8(2)11-6-9(3)12(10(4)7-11)16(13,14)15/h6-8H,5H2,1-4H3,(H,13,14,15). The van der Waals surface area contributed by atoms with Gasteiger partial charge in [0.2, 0.25) is 0 Å². The van der Waals surface area contributed by atoms with E-state index in [1.807, 2.05) is 12.1 Å². The Morgan fingerprint density at radius 2 is 1.69 bits per heavy atom. The molecule has 90 valence electrons. The van der Waals surface area contributed by atoms with Crippen molar-refractivity contribution in [2.24, 2.45) is 0 Å². The number of hydrogen-bond donors (Lipinski definition) is 1. The van der Waals surface area contributed by atoms with Gasteiger partial charge in [0.15, 0.2) is 0 Å². The fourth-order valence-corrected chi connectivity index (χ4v) is 2.84. The Labute approximate surface area is 97.2 Å². The first-order chi connectivity index (χ1) is 7.27. The molecule has 1 rings (SSSR count). The molecule has 0 aromatic heterocycles. The predicted molar refractivity (Wildman–Crippen MR) is 64.4 cm³/mol. The van der Waals surface area contributed by atoms with Gasteiger partial charge in [0.05, 0.1) is 4.90 Å². The molecule has 1 unspecified atom stereocenters. The van der Waals surface area contributed by atoms with E-state index in [1.165, 1.54) is 0 Å². The molecule has 0 aliphatic rings. The van der Waals surface area contributed by atoms with Crippen LogP contribution in [0.2, 0.25) is 0 Å². The summed E-state index contributed by atoms with van der Waals surface area (Å²) in [6.45, 7) is 7.61. The van der Waals surface area contributed by atoms with Gasteiger partial charge in [0.25, 0.3) is 10.1 Å². The number of aryl methyl sites for hydroxylation is 2. The Morgan fingerprint density at radius 3 is 2.00 bits per heavy atom. The first-order valence-corrected chi connectivity index (χ1v) is 6.80. The summed E-state index contributed by atoms with van der Waals surface area (Å²) in [4.78, 5) is 0.0413. The number of benzene rings is 1. The van der Waals surface area contributed by atoms with Gasteiger partial charge in [-0.2, -0.15) is 8.42 Å². The van der Waals surface area contributed by atoms with Crippen LogP contribution in [-0.2, 0) is 10.1 Å². The van der Waals surface area contributed by atoms with Gasteiger partial charge in [0.1, 0.15) is 0 Å². The third-order valence-electron chi connectivity index (χ3n) is 2.92. The topological polar surface area (TPSA) is 54.4 Å². The van der Waals surface area contributed by atoms with E-state index in [1.54, 1.807) is 13.8 Å². The van der Waals surface area contributed by atoms with Crippen LogP contribution in [-0.4, -0.2) is 13.0 Å². The minimum atomic E-state index is -4.11. The first-order valence-electron chi connectivity index (χ1n) is 5.36. The molecular formula is C12H18O3S. The molecule has 4 heteroatoms. The van der Waals surface area contributed by atoms with Gasteiger partial charge in [-0.1, -0.05) is 26.0 Å². The Morgan fingerprint density at radius 1 is 1.25 bits per heavy atom. The molecule has 0 saturated heterocycles. The number of hydrogen-bond acceptors (Lipinski definition) is 2. The lowest BCUT2D eigenvalue weighted by molar-refractivity contribution is 0.482. The van der Waals surface area contributed by atoms with E-state index in [-0.39, 0.29) is 4.90 Å². The zero-order valence-electron chi connectivity index (χ0n) is 10.1. The quantitative estimate of drug-likeness (QED) is 0.829. The maximum absolute atomic E-state index is 11.2. The van der Waals surface area contributed by atoms with E-state index in [9.17, 15) is 8.42 Å². The van der Waals surface area contributed by atoms with Crippen molar-refractivity contribution in [1.29, 1.82) is 0 Å². The van der Waals surface area contributed by atoms with Crippen LogP contribution >= 0.6 is 0 Å². The molecule has 1 N–H and O–H groups in total. The minimum Gasteiger partial charge on any atom is -0.282 e. The highest BCUT2D eigenvalue weighted by atomic mass is 32.2. The van der Waals surface area contributed by atoms with Gasteiger partial charge in [-0.3, -0.25) is 4.55 Å². The summed E-state index contributed by atoms with van der Waals surface area (Å²) in [6.07, 6.45) is 1.00. The van der Waals surface area contributed by atoms with Crippen molar-refractivity contribution in [2.75, 3.05) is 0 Å². The molecule has 0 spiro atoms. The SMILES string of the molecule is CCC(C)c1cc(C)c(S(=O)(=O)O)c(C)c1. The summed E-state index contributed by atoms with van der Waals surface area (Å²) in [5, 5.41) is 0. The van der Waals surface area contributed by atoms with Gasteiger partial charge < -0.3 is 0 Å². The van der Waals surface area contributed by atoms with Crippen molar-refractivity contribution in [3.05, 3.63) is 28.8 Å². The molecule has 0 fully saturated rings.